The first-order valence-electron chi connectivity index (χ1n) is 11.4. The molecule has 0 saturated carbocycles. The molecule has 0 aromatic heterocycles. The molecule has 1 aliphatic heterocycles. The topological polar surface area (TPSA) is 63.3 Å². The molecular weight excluding hydrogens is 406 g/mol. The number of piperazine rings is 1. The minimum absolute atomic E-state index is 0.221. The molecule has 2 aromatic rings. The lowest BCUT2D eigenvalue weighted by molar-refractivity contribution is 0.102. The van der Waals surface area contributed by atoms with Crippen LogP contribution in [-0.4, -0.2) is 68.8 Å². The maximum absolute atomic E-state index is 13.0. The average Bonchev–Trinajstić information content (AvgIpc) is 2.79. The van der Waals surface area contributed by atoms with Crippen LogP contribution in [0.2, 0.25) is 0 Å². The van der Waals surface area contributed by atoms with E-state index in [2.05, 4.69) is 34.3 Å². The number of ether oxygens (including phenoxy) is 3. The maximum atomic E-state index is 13.0. The number of benzene rings is 2. The Kier molecular flexibility index (Phi) is 8.76. The molecular formula is C25H35N3O4. The molecule has 32 heavy (non-hydrogen) atoms. The highest BCUT2D eigenvalue weighted by Gasteiger charge is 2.19. The SMILES string of the molecule is CCOc1cc(C(=O)Nc2ccc(CN3CCN(C)CC3)cc2)cc(OCC)c1OCC. The second-order valence-electron chi connectivity index (χ2n) is 7.83. The molecule has 2 aromatic carbocycles. The number of anilines is 1. The highest BCUT2D eigenvalue weighted by molar-refractivity contribution is 6.05. The van der Waals surface area contributed by atoms with E-state index in [4.69, 9.17) is 14.2 Å². The van der Waals surface area contributed by atoms with E-state index < -0.39 is 0 Å². The molecule has 1 saturated heterocycles. The van der Waals surface area contributed by atoms with Crippen molar-refractivity contribution in [2.24, 2.45) is 0 Å². The van der Waals surface area contributed by atoms with E-state index >= 15 is 0 Å². The molecule has 0 aliphatic carbocycles. The summed E-state index contributed by atoms with van der Waals surface area (Å²) in [5.74, 6) is 1.32. The summed E-state index contributed by atoms with van der Waals surface area (Å²) in [7, 11) is 2.16. The number of hydrogen-bond acceptors (Lipinski definition) is 6. The van der Waals surface area contributed by atoms with Crippen LogP contribution in [-0.2, 0) is 6.54 Å². The minimum atomic E-state index is -0.221. The van der Waals surface area contributed by atoms with Gasteiger partial charge in [-0.2, -0.15) is 0 Å². The first-order valence-corrected chi connectivity index (χ1v) is 11.4. The largest absolute Gasteiger partial charge is 0.490 e. The van der Waals surface area contributed by atoms with Gasteiger partial charge < -0.3 is 24.4 Å². The average molecular weight is 442 g/mol. The molecule has 1 N–H and O–H groups in total. The first-order chi connectivity index (χ1) is 15.5. The van der Waals surface area contributed by atoms with Crippen LogP contribution in [0.15, 0.2) is 36.4 Å². The molecule has 0 atom stereocenters. The van der Waals surface area contributed by atoms with Crippen molar-refractivity contribution in [3.05, 3.63) is 47.5 Å². The molecule has 0 spiro atoms. The fourth-order valence-corrected chi connectivity index (χ4v) is 3.68. The highest BCUT2D eigenvalue weighted by Crippen LogP contribution is 2.39. The Morgan fingerprint density at radius 2 is 1.44 bits per heavy atom. The van der Waals surface area contributed by atoms with Gasteiger partial charge in [-0.1, -0.05) is 12.1 Å². The lowest BCUT2D eigenvalue weighted by atomic mass is 10.1. The molecule has 1 amide bonds. The van der Waals surface area contributed by atoms with Gasteiger partial charge in [0.15, 0.2) is 11.5 Å². The Hall–Kier alpha value is -2.77. The molecule has 0 unspecified atom stereocenters. The summed E-state index contributed by atoms with van der Waals surface area (Å²) in [4.78, 5) is 17.8. The lowest BCUT2D eigenvalue weighted by Crippen LogP contribution is -2.43. The van der Waals surface area contributed by atoms with Gasteiger partial charge in [0.05, 0.1) is 19.8 Å². The zero-order valence-corrected chi connectivity index (χ0v) is 19.6. The van der Waals surface area contributed by atoms with Crippen LogP contribution in [0, 0.1) is 0 Å². The van der Waals surface area contributed by atoms with Crippen molar-refractivity contribution in [2.75, 3.05) is 58.4 Å². The fraction of sp³-hybridized carbons (Fsp3) is 0.480. The molecule has 3 rings (SSSR count). The minimum Gasteiger partial charge on any atom is -0.490 e. The quantitative estimate of drug-likeness (QED) is 0.604. The van der Waals surface area contributed by atoms with E-state index in [9.17, 15) is 4.79 Å². The summed E-state index contributed by atoms with van der Waals surface area (Å²) >= 11 is 0. The molecule has 7 nitrogen and oxygen atoms in total. The lowest BCUT2D eigenvalue weighted by Gasteiger charge is -2.32. The van der Waals surface area contributed by atoms with Gasteiger partial charge in [-0.15, -0.1) is 0 Å². The van der Waals surface area contributed by atoms with Crippen molar-refractivity contribution in [1.29, 1.82) is 0 Å². The molecule has 0 bridgehead atoms. The van der Waals surface area contributed by atoms with Crippen molar-refractivity contribution in [3.63, 3.8) is 0 Å². The van der Waals surface area contributed by atoms with Crippen LogP contribution in [0.25, 0.3) is 0 Å². The molecule has 1 aliphatic rings. The van der Waals surface area contributed by atoms with Crippen LogP contribution in [0.4, 0.5) is 5.69 Å². The van der Waals surface area contributed by atoms with Crippen LogP contribution < -0.4 is 19.5 Å². The van der Waals surface area contributed by atoms with Crippen molar-refractivity contribution < 1.29 is 19.0 Å². The van der Waals surface area contributed by atoms with Crippen molar-refractivity contribution in [2.45, 2.75) is 27.3 Å². The normalized spacial score (nSPS) is 14.8. The third-order valence-electron chi connectivity index (χ3n) is 5.39. The monoisotopic (exact) mass is 441 g/mol. The third kappa shape index (κ3) is 6.37. The number of hydrogen-bond donors (Lipinski definition) is 1. The Morgan fingerprint density at radius 1 is 0.875 bits per heavy atom. The van der Waals surface area contributed by atoms with Crippen LogP contribution in [0.5, 0.6) is 17.2 Å². The maximum Gasteiger partial charge on any atom is 0.255 e. The van der Waals surface area contributed by atoms with Crippen molar-refractivity contribution >= 4 is 11.6 Å². The second kappa shape index (κ2) is 11.7. The second-order valence-corrected chi connectivity index (χ2v) is 7.83. The standard InChI is InChI=1S/C25H35N3O4/c1-5-30-22-16-20(17-23(31-6-2)24(22)32-7-3)25(29)26-21-10-8-19(9-11-21)18-28-14-12-27(4)13-15-28/h8-11,16-17H,5-7,12-15,18H2,1-4H3,(H,26,29). The van der Waals surface area contributed by atoms with Crippen LogP contribution in [0.3, 0.4) is 0 Å². The van der Waals surface area contributed by atoms with Gasteiger partial charge in [0.25, 0.3) is 5.91 Å². The van der Waals surface area contributed by atoms with Gasteiger partial charge in [0.2, 0.25) is 5.75 Å². The molecule has 1 heterocycles. The van der Waals surface area contributed by atoms with E-state index in [1.54, 1.807) is 12.1 Å². The highest BCUT2D eigenvalue weighted by atomic mass is 16.5. The summed E-state index contributed by atoms with van der Waals surface area (Å²) in [6, 6.07) is 11.4. The van der Waals surface area contributed by atoms with E-state index in [-0.39, 0.29) is 5.91 Å². The number of rotatable bonds is 10. The van der Waals surface area contributed by atoms with Gasteiger partial charge in [-0.25, -0.2) is 0 Å². The number of likely N-dealkylation sites (N-methyl/N-ethyl adjacent to an activating group) is 1. The summed E-state index contributed by atoms with van der Waals surface area (Å²) < 4.78 is 17.2. The Labute approximate surface area is 191 Å². The van der Waals surface area contributed by atoms with Gasteiger partial charge in [-0.05, 0) is 57.6 Å². The first kappa shape index (κ1) is 23.9. The number of carbonyl (C=O) groups excluding carboxylic acids is 1. The van der Waals surface area contributed by atoms with E-state index in [0.29, 0.717) is 42.6 Å². The molecule has 0 radical (unpaired) electrons. The zero-order chi connectivity index (χ0) is 22.9. The number of carbonyl (C=O) groups is 1. The fourth-order valence-electron chi connectivity index (χ4n) is 3.68. The van der Waals surface area contributed by atoms with Gasteiger partial charge in [0.1, 0.15) is 0 Å². The van der Waals surface area contributed by atoms with Gasteiger partial charge in [0, 0.05) is 44.0 Å². The van der Waals surface area contributed by atoms with Crippen molar-refractivity contribution in [1.82, 2.24) is 9.80 Å². The Bertz CT molecular complexity index is 850. The number of nitrogens with zero attached hydrogens (tertiary/aromatic N) is 2. The molecule has 1 fully saturated rings. The van der Waals surface area contributed by atoms with E-state index in [0.717, 1.165) is 38.4 Å². The van der Waals surface area contributed by atoms with E-state index in [1.165, 1.54) is 5.56 Å². The Morgan fingerprint density at radius 3 is 1.97 bits per heavy atom. The van der Waals surface area contributed by atoms with E-state index in [1.807, 2.05) is 32.9 Å². The predicted octanol–water partition coefficient (Wildman–Crippen LogP) is 3.88. The van der Waals surface area contributed by atoms with Gasteiger partial charge in [-0.3, -0.25) is 9.69 Å². The third-order valence-corrected chi connectivity index (χ3v) is 5.39. The zero-order valence-electron chi connectivity index (χ0n) is 19.6. The number of nitrogens with one attached hydrogen (secondary N) is 1. The van der Waals surface area contributed by atoms with Crippen LogP contribution >= 0.6 is 0 Å². The summed E-state index contributed by atoms with van der Waals surface area (Å²) in [6.45, 7) is 12.4. The summed E-state index contributed by atoms with van der Waals surface area (Å²) in [5, 5.41) is 2.97. The summed E-state index contributed by atoms with van der Waals surface area (Å²) in [5.41, 5.74) is 2.45. The molecule has 7 heteroatoms. The van der Waals surface area contributed by atoms with Gasteiger partial charge >= 0.3 is 0 Å². The Balaban J connectivity index is 1.70. The van der Waals surface area contributed by atoms with Crippen LogP contribution in [0.1, 0.15) is 36.7 Å². The smallest absolute Gasteiger partial charge is 0.255 e. The summed E-state index contributed by atoms with van der Waals surface area (Å²) in [6.07, 6.45) is 0. The predicted molar refractivity (Wildman–Crippen MR) is 127 cm³/mol. The molecule has 174 valence electrons. The van der Waals surface area contributed by atoms with Crippen molar-refractivity contribution in [3.8, 4) is 17.2 Å². The number of amides is 1.